The van der Waals surface area contributed by atoms with E-state index in [0.717, 1.165) is 11.1 Å². The van der Waals surface area contributed by atoms with Gasteiger partial charge in [-0.05, 0) is 29.2 Å². The normalized spacial score (nSPS) is 11.7. The van der Waals surface area contributed by atoms with Gasteiger partial charge in [0.1, 0.15) is 18.5 Å². The molecule has 0 radical (unpaired) electrons. The standard InChI is InChI=1S/C20H23FN2O3/c1-14(2)18(19(24)22-12-15-8-10-17(21)11-9-15)23-20(25)26-13-16-6-4-3-5-7-16/h3-11,14,18H,12-13H2,1-2H3,(H,22,24)(H,23,25)/t18-/m0/s1. The molecule has 0 saturated heterocycles. The molecular formula is C20H23FN2O3. The van der Waals surface area contributed by atoms with Crippen molar-refractivity contribution >= 4 is 12.0 Å². The number of amides is 2. The van der Waals surface area contributed by atoms with Crippen LogP contribution >= 0.6 is 0 Å². The lowest BCUT2D eigenvalue weighted by Crippen LogP contribution is -2.49. The van der Waals surface area contributed by atoms with Gasteiger partial charge in [0.25, 0.3) is 0 Å². The predicted octanol–water partition coefficient (Wildman–Crippen LogP) is 3.39. The largest absolute Gasteiger partial charge is 0.445 e. The molecule has 0 aliphatic heterocycles. The second-order valence-corrected chi connectivity index (χ2v) is 6.27. The van der Waals surface area contributed by atoms with Gasteiger partial charge in [0.05, 0.1) is 0 Å². The third kappa shape index (κ3) is 6.20. The molecule has 2 aromatic rings. The summed E-state index contributed by atoms with van der Waals surface area (Å²) in [4.78, 5) is 24.4. The van der Waals surface area contributed by atoms with E-state index in [0.29, 0.717) is 0 Å². The van der Waals surface area contributed by atoms with E-state index in [1.54, 1.807) is 12.1 Å². The van der Waals surface area contributed by atoms with Crippen molar-refractivity contribution in [3.8, 4) is 0 Å². The molecule has 26 heavy (non-hydrogen) atoms. The smallest absolute Gasteiger partial charge is 0.408 e. The number of carbonyl (C=O) groups is 2. The number of nitrogens with one attached hydrogen (secondary N) is 2. The monoisotopic (exact) mass is 358 g/mol. The van der Waals surface area contributed by atoms with Gasteiger partial charge in [0.15, 0.2) is 0 Å². The van der Waals surface area contributed by atoms with Crippen LogP contribution in [0.5, 0.6) is 0 Å². The molecule has 0 bridgehead atoms. The summed E-state index contributed by atoms with van der Waals surface area (Å²) >= 11 is 0. The van der Waals surface area contributed by atoms with E-state index in [1.165, 1.54) is 12.1 Å². The molecule has 2 aromatic carbocycles. The van der Waals surface area contributed by atoms with E-state index < -0.39 is 12.1 Å². The predicted molar refractivity (Wildman–Crippen MR) is 96.6 cm³/mol. The molecule has 0 aromatic heterocycles. The Morgan fingerprint density at radius 1 is 1.00 bits per heavy atom. The third-order valence-corrected chi connectivity index (χ3v) is 3.82. The van der Waals surface area contributed by atoms with Crippen LogP contribution in [0.3, 0.4) is 0 Å². The molecule has 0 fully saturated rings. The first-order valence-electron chi connectivity index (χ1n) is 8.45. The fraction of sp³-hybridized carbons (Fsp3) is 0.300. The van der Waals surface area contributed by atoms with Crippen molar-refractivity contribution in [1.29, 1.82) is 0 Å². The van der Waals surface area contributed by atoms with E-state index in [4.69, 9.17) is 4.74 Å². The van der Waals surface area contributed by atoms with Crippen molar-refractivity contribution in [3.63, 3.8) is 0 Å². The quantitative estimate of drug-likeness (QED) is 0.797. The Labute approximate surface area is 152 Å². The molecule has 6 heteroatoms. The first-order chi connectivity index (χ1) is 12.5. The molecule has 1 atom stereocenters. The number of benzene rings is 2. The Hall–Kier alpha value is -2.89. The van der Waals surface area contributed by atoms with Crippen molar-refractivity contribution in [2.24, 2.45) is 5.92 Å². The average Bonchev–Trinajstić information content (AvgIpc) is 2.64. The van der Waals surface area contributed by atoms with Gasteiger partial charge in [-0.2, -0.15) is 0 Å². The minimum atomic E-state index is -0.723. The number of carbonyl (C=O) groups excluding carboxylic acids is 2. The highest BCUT2D eigenvalue weighted by Gasteiger charge is 2.24. The van der Waals surface area contributed by atoms with E-state index in [1.807, 2.05) is 44.2 Å². The summed E-state index contributed by atoms with van der Waals surface area (Å²) in [7, 11) is 0. The van der Waals surface area contributed by atoms with Crippen LogP contribution in [0.4, 0.5) is 9.18 Å². The van der Waals surface area contributed by atoms with Crippen molar-refractivity contribution in [2.45, 2.75) is 33.0 Å². The Kier molecular flexibility index (Phi) is 7.14. The highest BCUT2D eigenvalue weighted by Crippen LogP contribution is 2.06. The van der Waals surface area contributed by atoms with Crippen LogP contribution < -0.4 is 10.6 Å². The molecule has 0 aliphatic carbocycles. The maximum absolute atomic E-state index is 12.9. The average molecular weight is 358 g/mol. The number of rotatable bonds is 7. The molecule has 0 saturated carbocycles. The highest BCUT2D eigenvalue weighted by molar-refractivity contribution is 5.85. The van der Waals surface area contributed by atoms with E-state index in [-0.39, 0.29) is 30.8 Å². The zero-order valence-corrected chi connectivity index (χ0v) is 14.9. The molecule has 0 heterocycles. The zero-order chi connectivity index (χ0) is 18.9. The summed E-state index contributed by atoms with van der Waals surface area (Å²) in [6, 6.07) is 14.4. The van der Waals surface area contributed by atoms with E-state index >= 15 is 0 Å². The number of hydrogen-bond acceptors (Lipinski definition) is 3. The fourth-order valence-electron chi connectivity index (χ4n) is 2.33. The molecule has 0 unspecified atom stereocenters. The molecule has 2 N–H and O–H groups in total. The van der Waals surface area contributed by atoms with Crippen molar-refractivity contribution < 1.29 is 18.7 Å². The van der Waals surface area contributed by atoms with Crippen LogP contribution in [-0.4, -0.2) is 18.0 Å². The fourth-order valence-corrected chi connectivity index (χ4v) is 2.33. The van der Waals surface area contributed by atoms with Crippen LogP contribution in [0, 0.1) is 11.7 Å². The number of ether oxygens (including phenoxy) is 1. The summed E-state index contributed by atoms with van der Waals surface area (Å²) in [5.74, 6) is -0.767. The Bertz CT molecular complexity index is 718. The molecular weight excluding hydrogens is 335 g/mol. The summed E-state index contributed by atoms with van der Waals surface area (Å²) in [5, 5.41) is 5.35. The van der Waals surface area contributed by atoms with Crippen molar-refractivity contribution in [2.75, 3.05) is 0 Å². The summed E-state index contributed by atoms with van der Waals surface area (Å²) < 4.78 is 18.1. The summed E-state index contributed by atoms with van der Waals surface area (Å²) in [6.45, 7) is 4.05. The maximum atomic E-state index is 12.9. The second-order valence-electron chi connectivity index (χ2n) is 6.27. The van der Waals surface area contributed by atoms with Gasteiger partial charge in [-0.25, -0.2) is 9.18 Å². The topological polar surface area (TPSA) is 67.4 Å². The zero-order valence-electron chi connectivity index (χ0n) is 14.9. The van der Waals surface area contributed by atoms with Crippen LogP contribution in [0.2, 0.25) is 0 Å². The van der Waals surface area contributed by atoms with Gasteiger partial charge in [-0.1, -0.05) is 56.3 Å². The first kappa shape index (κ1) is 19.4. The minimum Gasteiger partial charge on any atom is -0.445 e. The third-order valence-electron chi connectivity index (χ3n) is 3.82. The van der Waals surface area contributed by atoms with Crippen molar-refractivity contribution in [1.82, 2.24) is 10.6 Å². The Balaban J connectivity index is 1.85. The second kappa shape index (κ2) is 9.56. The molecule has 138 valence electrons. The number of hydrogen-bond donors (Lipinski definition) is 2. The van der Waals surface area contributed by atoms with Crippen LogP contribution in [-0.2, 0) is 22.7 Å². The first-order valence-corrected chi connectivity index (χ1v) is 8.45. The van der Waals surface area contributed by atoms with E-state index in [2.05, 4.69) is 10.6 Å². The van der Waals surface area contributed by atoms with Gasteiger partial charge in [-0.15, -0.1) is 0 Å². The summed E-state index contributed by atoms with van der Waals surface area (Å²) in [6.07, 6.45) is -0.649. The van der Waals surface area contributed by atoms with Crippen LogP contribution in [0.1, 0.15) is 25.0 Å². The Morgan fingerprint density at radius 3 is 2.27 bits per heavy atom. The highest BCUT2D eigenvalue weighted by atomic mass is 19.1. The lowest BCUT2D eigenvalue weighted by molar-refractivity contribution is -0.124. The molecule has 2 amide bonds. The maximum Gasteiger partial charge on any atom is 0.408 e. The molecule has 2 rings (SSSR count). The number of halogens is 1. The van der Waals surface area contributed by atoms with Crippen molar-refractivity contribution in [3.05, 3.63) is 71.5 Å². The van der Waals surface area contributed by atoms with Gasteiger partial charge in [0.2, 0.25) is 5.91 Å². The van der Waals surface area contributed by atoms with Crippen LogP contribution in [0.15, 0.2) is 54.6 Å². The lowest BCUT2D eigenvalue weighted by Gasteiger charge is -2.21. The molecule has 0 spiro atoms. The molecule has 5 nitrogen and oxygen atoms in total. The Morgan fingerprint density at radius 2 is 1.65 bits per heavy atom. The minimum absolute atomic E-state index is 0.118. The summed E-state index contributed by atoms with van der Waals surface area (Å²) in [5.41, 5.74) is 1.64. The van der Waals surface area contributed by atoms with Gasteiger partial charge < -0.3 is 15.4 Å². The van der Waals surface area contributed by atoms with Crippen LogP contribution in [0.25, 0.3) is 0 Å². The van der Waals surface area contributed by atoms with Gasteiger partial charge >= 0.3 is 6.09 Å². The SMILES string of the molecule is CC(C)[C@H](NC(=O)OCc1ccccc1)C(=O)NCc1ccc(F)cc1. The van der Waals surface area contributed by atoms with E-state index in [9.17, 15) is 14.0 Å². The lowest BCUT2D eigenvalue weighted by atomic mass is 10.0. The molecule has 0 aliphatic rings. The van der Waals surface area contributed by atoms with Gasteiger partial charge in [0, 0.05) is 6.54 Å². The number of alkyl carbamates (subject to hydrolysis) is 1. The van der Waals surface area contributed by atoms with Gasteiger partial charge in [-0.3, -0.25) is 4.79 Å².